The van der Waals surface area contributed by atoms with Gasteiger partial charge in [-0.05, 0) is 20.0 Å². The van der Waals surface area contributed by atoms with E-state index in [1.54, 1.807) is 0 Å². The van der Waals surface area contributed by atoms with Crippen LogP contribution in [-0.4, -0.2) is 34.6 Å². The van der Waals surface area contributed by atoms with Crippen molar-refractivity contribution in [2.45, 2.75) is 26.3 Å². The molecule has 2 rings (SSSR count). The van der Waals surface area contributed by atoms with Gasteiger partial charge in [0.05, 0.1) is 12.2 Å². The number of hydrogen-bond acceptors (Lipinski definition) is 4. The van der Waals surface area contributed by atoms with E-state index in [9.17, 15) is 9.90 Å². The van der Waals surface area contributed by atoms with Crippen LogP contribution in [0.4, 0.5) is 0 Å². The molecule has 0 aliphatic rings. The normalized spacial score (nSPS) is 11.0. The van der Waals surface area contributed by atoms with Gasteiger partial charge in [-0.1, -0.05) is 43.7 Å². The molecule has 0 bridgehead atoms. The van der Waals surface area contributed by atoms with E-state index in [2.05, 4.69) is 16.8 Å². The van der Waals surface area contributed by atoms with Crippen molar-refractivity contribution < 1.29 is 9.90 Å². The first-order valence-electron chi connectivity index (χ1n) is 7.08. The van der Waals surface area contributed by atoms with E-state index in [1.165, 1.54) is 11.3 Å². The maximum Gasteiger partial charge on any atom is 0.348 e. The number of carbonyl (C=O) groups is 1. The standard InChI is InChI=1S/C16H20N2O2S/c1-3-4-10-18(2)11-13-17-14(15(21-13)16(19)20)12-8-6-5-7-9-12/h5-9H,3-4,10-11H2,1-2H3,(H,19,20). The number of hydrogen-bond donors (Lipinski definition) is 1. The minimum absolute atomic E-state index is 0.320. The number of unbranched alkanes of at least 4 members (excludes halogenated alkanes) is 1. The smallest absolute Gasteiger partial charge is 0.348 e. The second-order valence-electron chi connectivity index (χ2n) is 5.05. The average molecular weight is 304 g/mol. The zero-order valence-electron chi connectivity index (χ0n) is 12.4. The van der Waals surface area contributed by atoms with Crippen LogP contribution in [-0.2, 0) is 6.54 Å². The van der Waals surface area contributed by atoms with Crippen LogP contribution >= 0.6 is 11.3 Å². The van der Waals surface area contributed by atoms with Crippen LogP contribution in [0, 0.1) is 0 Å². The molecule has 0 aliphatic carbocycles. The van der Waals surface area contributed by atoms with Crippen molar-refractivity contribution >= 4 is 17.3 Å². The van der Waals surface area contributed by atoms with E-state index in [0.29, 0.717) is 17.1 Å². The Hall–Kier alpha value is -1.72. The van der Waals surface area contributed by atoms with E-state index in [-0.39, 0.29) is 0 Å². The highest BCUT2D eigenvalue weighted by molar-refractivity contribution is 7.14. The molecule has 112 valence electrons. The van der Waals surface area contributed by atoms with Crippen molar-refractivity contribution in [1.29, 1.82) is 0 Å². The topological polar surface area (TPSA) is 53.4 Å². The maximum absolute atomic E-state index is 11.4. The number of aromatic carboxylic acids is 1. The lowest BCUT2D eigenvalue weighted by Crippen LogP contribution is -2.18. The number of carboxylic acid groups (broad SMARTS) is 1. The molecule has 1 aromatic heterocycles. The first-order valence-corrected chi connectivity index (χ1v) is 7.90. The van der Waals surface area contributed by atoms with Crippen LogP contribution in [0.5, 0.6) is 0 Å². The first kappa shape index (κ1) is 15.7. The van der Waals surface area contributed by atoms with Crippen LogP contribution in [0.15, 0.2) is 30.3 Å². The summed E-state index contributed by atoms with van der Waals surface area (Å²) in [4.78, 5) is 18.5. The Kier molecular flexibility index (Phi) is 5.47. The zero-order valence-corrected chi connectivity index (χ0v) is 13.2. The van der Waals surface area contributed by atoms with Gasteiger partial charge in [0.25, 0.3) is 0 Å². The molecular formula is C16H20N2O2S. The summed E-state index contributed by atoms with van der Waals surface area (Å²) in [5.74, 6) is -0.909. The summed E-state index contributed by atoms with van der Waals surface area (Å²) in [6.45, 7) is 3.85. The SMILES string of the molecule is CCCCN(C)Cc1nc(-c2ccccc2)c(C(=O)O)s1. The second-order valence-corrected chi connectivity index (χ2v) is 6.13. The maximum atomic E-state index is 11.4. The number of carboxylic acids is 1. The molecule has 1 heterocycles. The molecule has 0 atom stereocenters. The predicted molar refractivity (Wildman–Crippen MR) is 85.8 cm³/mol. The minimum atomic E-state index is -0.909. The summed E-state index contributed by atoms with van der Waals surface area (Å²) in [5.41, 5.74) is 1.43. The Labute approximate surface area is 129 Å². The van der Waals surface area contributed by atoms with E-state index >= 15 is 0 Å². The fourth-order valence-corrected chi connectivity index (χ4v) is 3.11. The molecular weight excluding hydrogens is 284 g/mol. The number of thiazole rings is 1. The molecule has 0 unspecified atom stereocenters. The van der Waals surface area contributed by atoms with E-state index in [0.717, 1.165) is 30.0 Å². The Bertz CT molecular complexity index is 596. The van der Waals surface area contributed by atoms with Crippen molar-refractivity contribution in [3.05, 3.63) is 40.2 Å². The Morgan fingerprint density at radius 3 is 2.67 bits per heavy atom. The third-order valence-corrected chi connectivity index (χ3v) is 4.24. The molecule has 0 radical (unpaired) electrons. The van der Waals surface area contributed by atoms with Gasteiger partial charge in [-0.15, -0.1) is 11.3 Å². The van der Waals surface area contributed by atoms with Crippen molar-refractivity contribution in [3.63, 3.8) is 0 Å². The molecule has 5 heteroatoms. The average Bonchev–Trinajstić information content (AvgIpc) is 2.90. The van der Waals surface area contributed by atoms with Crippen molar-refractivity contribution in [2.24, 2.45) is 0 Å². The number of nitrogens with zero attached hydrogens (tertiary/aromatic N) is 2. The second kappa shape index (κ2) is 7.33. The van der Waals surface area contributed by atoms with Crippen molar-refractivity contribution in [1.82, 2.24) is 9.88 Å². The Morgan fingerprint density at radius 2 is 2.05 bits per heavy atom. The largest absolute Gasteiger partial charge is 0.477 e. The van der Waals surface area contributed by atoms with Crippen molar-refractivity contribution in [3.8, 4) is 11.3 Å². The highest BCUT2D eigenvalue weighted by Gasteiger charge is 2.19. The van der Waals surface area contributed by atoms with Gasteiger partial charge < -0.3 is 5.11 Å². The van der Waals surface area contributed by atoms with Crippen LogP contribution in [0.3, 0.4) is 0 Å². The van der Waals surface area contributed by atoms with E-state index in [1.807, 2.05) is 37.4 Å². The van der Waals surface area contributed by atoms with Gasteiger partial charge in [0.2, 0.25) is 0 Å². The van der Waals surface area contributed by atoms with Crippen molar-refractivity contribution in [2.75, 3.05) is 13.6 Å². The van der Waals surface area contributed by atoms with E-state index in [4.69, 9.17) is 0 Å². The summed E-state index contributed by atoms with van der Waals surface area (Å²) in [6.07, 6.45) is 2.29. The third kappa shape index (κ3) is 4.12. The van der Waals surface area contributed by atoms with Crippen LogP contribution < -0.4 is 0 Å². The minimum Gasteiger partial charge on any atom is -0.477 e. The van der Waals surface area contributed by atoms with Crippen LogP contribution in [0.25, 0.3) is 11.3 Å². The summed E-state index contributed by atoms with van der Waals surface area (Å²) in [5, 5.41) is 10.2. The van der Waals surface area contributed by atoms with Gasteiger partial charge in [0.15, 0.2) is 0 Å². The Morgan fingerprint density at radius 1 is 1.33 bits per heavy atom. The number of benzene rings is 1. The monoisotopic (exact) mass is 304 g/mol. The highest BCUT2D eigenvalue weighted by Crippen LogP contribution is 2.28. The first-order chi connectivity index (χ1) is 10.1. The van der Waals surface area contributed by atoms with Gasteiger partial charge >= 0.3 is 5.97 Å². The molecule has 0 aliphatic heterocycles. The molecule has 1 N–H and O–H groups in total. The molecule has 21 heavy (non-hydrogen) atoms. The lowest BCUT2D eigenvalue weighted by molar-refractivity contribution is 0.0702. The van der Waals surface area contributed by atoms with Gasteiger partial charge in [0, 0.05) is 5.56 Å². The molecule has 0 spiro atoms. The van der Waals surface area contributed by atoms with Crippen LogP contribution in [0.1, 0.15) is 34.4 Å². The van der Waals surface area contributed by atoms with Gasteiger partial charge in [0.1, 0.15) is 9.88 Å². The lowest BCUT2D eigenvalue weighted by atomic mass is 10.1. The molecule has 2 aromatic rings. The Balaban J connectivity index is 2.24. The summed E-state index contributed by atoms with van der Waals surface area (Å²) in [7, 11) is 2.04. The molecule has 0 saturated carbocycles. The third-order valence-electron chi connectivity index (χ3n) is 3.21. The fraction of sp³-hybridized carbons (Fsp3) is 0.375. The molecule has 0 fully saturated rings. The summed E-state index contributed by atoms with van der Waals surface area (Å²) in [6, 6.07) is 9.49. The summed E-state index contributed by atoms with van der Waals surface area (Å²) < 4.78 is 0. The van der Waals surface area contributed by atoms with Gasteiger partial charge in [-0.3, -0.25) is 4.90 Å². The zero-order chi connectivity index (χ0) is 15.2. The van der Waals surface area contributed by atoms with Gasteiger partial charge in [-0.25, -0.2) is 9.78 Å². The predicted octanol–water partition coefficient (Wildman–Crippen LogP) is 3.74. The molecule has 0 amide bonds. The molecule has 1 aromatic carbocycles. The summed E-state index contributed by atoms with van der Waals surface area (Å²) >= 11 is 1.27. The van der Waals surface area contributed by atoms with Gasteiger partial charge in [-0.2, -0.15) is 0 Å². The fourth-order valence-electron chi connectivity index (χ4n) is 2.11. The van der Waals surface area contributed by atoms with Crippen LogP contribution in [0.2, 0.25) is 0 Å². The van der Waals surface area contributed by atoms with E-state index < -0.39 is 5.97 Å². The lowest BCUT2D eigenvalue weighted by Gasteiger charge is -2.13. The number of aromatic nitrogens is 1. The molecule has 4 nitrogen and oxygen atoms in total. The highest BCUT2D eigenvalue weighted by atomic mass is 32.1. The number of rotatable bonds is 7. The quantitative estimate of drug-likeness (QED) is 0.846. The molecule has 0 saturated heterocycles.